The minimum Gasteiger partial charge on any atom is -0.388 e. The lowest BCUT2D eigenvalue weighted by Gasteiger charge is -2.32. The lowest BCUT2D eigenvalue weighted by atomic mass is 9.94. The maximum atomic E-state index is 11.3. The standard InChI is InChI=1S/C12H18N4O3/c1-13-11(17)9-2-3-10(16-15-9)14-8-12(18)4-6-19-7-5-12/h2-3,18H,4-8H2,1H3,(H,13,17)(H,14,16). The molecule has 0 saturated carbocycles. The Morgan fingerprint density at radius 2 is 2.16 bits per heavy atom. The molecule has 3 N–H and O–H groups in total. The first-order chi connectivity index (χ1) is 9.13. The molecule has 0 atom stereocenters. The van der Waals surface area contributed by atoms with Gasteiger partial charge in [0.2, 0.25) is 0 Å². The van der Waals surface area contributed by atoms with Crippen LogP contribution in [0.3, 0.4) is 0 Å². The van der Waals surface area contributed by atoms with Crippen LogP contribution in [-0.2, 0) is 4.74 Å². The highest BCUT2D eigenvalue weighted by Crippen LogP contribution is 2.20. The van der Waals surface area contributed by atoms with Crippen molar-refractivity contribution >= 4 is 11.7 Å². The average molecular weight is 266 g/mol. The van der Waals surface area contributed by atoms with E-state index in [1.807, 2.05) is 0 Å². The van der Waals surface area contributed by atoms with E-state index in [9.17, 15) is 9.90 Å². The zero-order valence-corrected chi connectivity index (χ0v) is 10.8. The van der Waals surface area contributed by atoms with Gasteiger partial charge in [-0.05, 0) is 12.1 Å². The Hall–Kier alpha value is -1.73. The molecule has 0 radical (unpaired) electrons. The minimum absolute atomic E-state index is 0.262. The summed E-state index contributed by atoms with van der Waals surface area (Å²) in [6.45, 7) is 1.53. The van der Waals surface area contributed by atoms with Crippen molar-refractivity contribution < 1.29 is 14.6 Å². The summed E-state index contributed by atoms with van der Waals surface area (Å²) in [4.78, 5) is 11.3. The van der Waals surface area contributed by atoms with Gasteiger partial charge >= 0.3 is 0 Å². The Balaban J connectivity index is 1.91. The summed E-state index contributed by atoms with van der Waals surface area (Å²) in [5, 5.41) is 23.5. The van der Waals surface area contributed by atoms with Crippen molar-refractivity contribution in [1.82, 2.24) is 15.5 Å². The number of aliphatic hydroxyl groups is 1. The number of nitrogens with zero attached hydrogens (tertiary/aromatic N) is 2. The number of hydrogen-bond acceptors (Lipinski definition) is 6. The van der Waals surface area contributed by atoms with Gasteiger partial charge < -0.3 is 20.5 Å². The summed E-state index contributed by atoms with van der Waals surface area (Å²) >= 11 is 0. The van der Waals surface area contributed by atoms with Crippen LogP contribution < -0.4 is 10.6 Å². The van der Waals surface area contributed by atoms with Crippen LogP contribution in [0.25, 0.3) is 0 Å². The van der Waals surface area contributed by atoms with Gasteiger partial charge in [0.25, 0.3) is 5.91 Å². The second-order valence-electron chi connectivity index (χ2n) is 4.57. The molecule has 2 rings (SSSR count). The van der Waals surface area contributed by atoms with Crippen LogP contribution in [0.4, 0.5) is 5.82 Å². The number of amides is 1. The van der Waals surface area contributed by atoms with Gasteiger partial charge in [0.15, 0.2) is 5.69 Å². The highest BCUT2D eigenvalue weighted by Gasteiger charge is 2.29. The number of carbonyl (C=O) groups is 1. The quantitative estimate of drug-likeness (QED) is 0.698. The minimum atomic E-state index is -0.764. The molecule has 1 aromatic heterocycles. The van der Waals surface area contributed by atoms with E-state index in [4.69, 9.17) is 4.74 Å². The summed E-state index contributed by atoms with van der Waals surface area (Å²) < 4.78 is 5.21. The molecule has 0 aromatic carbocycles. The number of rotatable bonds is 4. The molecule has 0 spiro atoms. The van der Waals surface area contributed by atoms with Gasteiger partial charge in [0.05, 0.1) is 5.60 Å². The number of hydrogen-bond donors (Lipinski definition) is 3. The van der Waals surface area contributed by atoms with Gasteiger partial charge in [-0.2, -0.15) is 0 Å². The molecule has 1 aliphatic rings. The fourth-order valence-electron chi connectivity index (χ4n) is 1.86. The molecule has 1 aliphatic heterocycles. The Morgan fingerprint density at radius 1 is 1.42 bits per heavy atom. The first-order valence-corrected chi connectivity index (χ1v) is 6.23. The van der Waals surface area contributed by atoms with Gasteiger partial charge in [0.1, 0.15) is 5.82 Å². The van der Waals surface area contributed by atoms with Crippen molar-refractivity contribution in [3.8, 4) is 0 Å². The highest BCUT2D eigenvalue weighted by molar-refractivity contribution is 5.91. The molecule has 1 amide bonds. The van der Waals surface area contributed by atoms with E-state index >= 15 is 0 Å². The lowest BCUT2D eigenvalue weighted by molar-refractivity contribution is -0.0543. The number of aromatic nitrogens is 2. The summed E-state index contributed by atoms with van der Waals surface area (Å²) in [5.41, 5.74) is -0.503. The van der Waals surface area contributed by atoms with E-state index in [1.165, 1.54) is 7.05 Å². The summed E-state index contributed by atoms with van der Waals surface area (Å²) in [5.74, 6) is 0.259. The van der Waals surface area contributed by atoms with Gasteiger partial charge in [-0.25, -0.2) is 0 Å². The van der Waals surface area contributed by atoms with E-state index in [0.29, 0.717) is 38.4 Å². The molecule has 0 unspecified atom stereocenters. The van der Waals surface area contributed by atoms with Crippen molar-refractivity contribution in [2.75, 3.05) is 32.1 Å². The zero-order chi connectivity index (χ0) is 13.7. The van der Waals surface area contributed by atoms with Crippen LogP contribution >= 0.6 is 0 Å². The largest absolute Gasteiger partial charge is 0.388 e. The average Bonchev–Trinajstić information content (AvgIpc) is 2.46. The molecular formula is C12H18N4O3. The van der Waals surface area contributed by atoms with Gasteiger partial charge in [-0.15, -0.1) is 10.2 Å². The van der Waals surface area contributed by atoms with Gasteiger partial charge in [0, 0.05) is 39.6 Å². The van der Waals surface area contributed by atoms with Crippen molar-refractivity contribution in [2.45, 2.75) is 18.4 Å². The van der Waals surface area contributed by atoms with E-state index in [-0.39, 0.29) is 11.6 Å². The third-order valence-corrected chi connectivity index (χ3v) is 3.15. The molecule has 1 fully saturated rings. The number of carbonyl (C=O) groups excluding carboxylic acids is 1. The van der Waals surface area contributed by atoms with Gasteiger partial charge in [-0.3, -0.25) is 4.79 Å². The van der Waals surface area contributed by atoms with E-state index in [2.05, 4.69) is 20.8 Å². The monoisotopic (exact) mass is 266 g/mol. The Labute approximate surface area is 111 Å². The van der Waals surface area contributed by atoms with E-state index in [1.54, 1.807) is 12.1 Å². The molecule has 1 saturated heterocycles. The van der Waals surface area contributed by atoms with E-state index in [0.717, 1.165) is 0 Å². The molecule has 7 heteroatoms. The maximum absolute atomic E-state index is 11.3. The smallest absolute Gasteiger partial charge is 0.271 e. The maximum Gasteiger partial charge on any atom is 0.271 e. The van der Waals surface area contributed by atoms with Crippen molar-refractivity contribution in [2.24, 2.45) is 0 Å². The first-order valence-electron chi connectivity index (χ1n) is 6.23. The van der Waals surface area contributed by atoms with Crippen LogP contribution in [0.2, 0.25) is 0 Å². The van der Waals surface area contributed by atoms with Crippen molar-refractivity contribution in [3.05, 3.63) is 17.8 Å². The van der Waals surface area contributed by atoms with Crippen LogP contribution in [0.1, 0.15) is 23.3 Å². The Bertz CT molecular complexity index is 429. The van der Waals surface area contributed by atoms with Crippen molar-refractivity contribution in [1.29, 1.82) is 0 Å². The highest BCUT2D eigenvalue weighted by atomic mass is 16.5. The van der Waals surface area contributed by atoms with Crippen molar-refractivity contribution in [3.63, 3.8) is 0 Å². The third-order valence-electron chi connectivity index (χ3n) is 3.15. The van der Waals surface area contributed by atoms with Crippen LogP contribution in [0.15, 0.2) is 12.1 Å². The van der Waals surface area contributed by atoms with Crippen LogP contribution in [0.5, 0.6) is 0 Å². The number of nitrogens with one attached hydrogen (secondary N) is 2. The Morgan fingerprint density at radius 3 is 2.74 bits per heavy atom. The predicted octanol–water partition coefficient (Wildman–Crippen LogP) is -0.210. The predicted molar refractivity (Wildman–Crippen MR) is 68.9 cm³/mol. The summed E-state index contributed by atoms with van der Waals surface area (Å²) in [7, 11) is 1.54. The fraction of sp³-hybridized carbons (Fsp3) is 0.583. The summed E-state index contributed by atoms with van der Waals surface area (Å²) in [6, 6.07) is 3.25. The molecule has 7 nitrogen and oxygen atoms in total. The summed E-state index contributed by atoms with van der Waals surface area (Å²) in [6.07, 6.45) is 1.20. The molecule has 0 aliphatic carbocycles. The lowest BCUT2D eigenvalue weighted by Crippen LogP contribution is -2.42. The normalized spacial score (nSPS) is 17.8. The van der Waals surface area contributed by atoms with Crippen LogP contribution in [-0.4, -0.2) is 53.6 Å². The van der Waals surface area contributed by atoms with Crippen LogP contribution in [0, 0.1) is 0 Å². The second-order valence-corrected chi connectivity index (χ2v) is 4.57. The third kappa shape index (κ3) is 3.62. The first kappa shape index (κ1) is 13.7. The molecular weight excluding hydrogens is 248 g/mol. The number of ether oxygens (including phenoxy) is 1. The SMILES string of the molecule is CNC(=O)c1ccc(NCC2(O)CCOCC2)nn1. The molecule has 19 heavy (non-hydrogen) atoms. The zero-order valence-electron chi connectivity index (χ0n) is 10.8. The molecule has 0 bridgehead atoms. The molecule has 2 heterocycles. The topological polar surface area (TPSA) is 96.4 Å². The van der Waals surface area contributed by atoms with E-state index < -0.39 is 5.60 Å². The molecule has 1 aromatic rings. The molecule has 104 valence electrons. The Kier molecular flexibility index (Phi) is 4.28. The van der Waals surface area contributed by atoms with Gasteiger partial charge in [-0.1, -0.05) is 0 Å². The fourth-order valence-corrected chi connectivity index (χ4v) is 1.86. The number of anilines is 1. The second kappa shape index (κ2) is 5.94.